The van der Waals surface area contributed by atoms with Crippen molar-refractivity contribution in [2.75, 3.05) is 56.9 Å². The van der Waals surface area contributed by atoms with Crippen LogP contribution in [0.5, 0.6) is 11.5 Å². The maximum Gasteiger partial charge on any atom is 0.162 e. The number of Topliss-reactive ketones (excluding diaryl/α,β-unsaturated/α-hetero) is 1. The molecule has 1 aliphatic rings. The van der Waals surface area contributed by atoms with E-state index in [4.69, 9.17) is 9.47 Å². The van der Waals surface area contributed by atoms with Crippen LogP contribution in [0.3, 0.4) is 0 Å². The summed E-state index contributed by atoms with van der Waals surface area (Å²) < 4.78 is 11.4. The first-order valence-electron chi connectivity index (χ1n) is 10.7. The maximum absolute atomic E-state index is 12.5. The van der Waals surface area contributed by atoms with Crippen LogP contribution in [-0.2, 0) is 0 Å². The molecule has 1 aliphatic heterocycles. The van der Waals surface area contributed by atoms with Crippen molar-refractivity contribution in [3.8, 4) is 11.5 Å². The Bertz CT molecular complexity index is 840. The summed E-state index contributed by atoms with van der Waals surface area (Å²) in [7, 11) is 4.13. The molecule has 0 saturated carbocycles. The summed E-state index contributed by atoms with van der Waals surface area (Å²) in [5.74, 6) is 1.78. The first kappa shape index (κ1) is 22.0. The largest absolute Gasteiger partial charge is 0.490 e. The lowest BCUT2D eigenvalue weighted by Crippen LogP contribution is -2.23. The molecule has 2 aromatic carbocycles. The highest BCUT2D eigenvalue weighted by molar-refractivity contribution is 5.98. The maximum atomic E-state index is 12.5. The normalized spacial score (nSPS) is 12.8. The predicted molar refractivity (Wildman–Crippen MR) is 122 cm³/mol. The Hall–Kier alpha value is -2.73. The van der Waals surface area contributed by atoms with E-state index < -0.39 is 0 Å². The van der Waals surface area contributed by atoms with Crippen molar-refractivity contribution in [1.29, 1.82) is 0 Å². The van der Waals surface area contributed by atoms with Crippen LogP contribution in [0.4, 0.5) is 11.4 Å². The highest BCUT2D eigenvalue weighted by atomic mass is 16.5. The van der Waals surface area contributed by atoms with Crippen molar-refractivity contribution >= 4 is 17.2 Å². The minimum atomic E-state index is 0.219. The molecule has 6 heteroatoms. The van der Waals surface area contributed by atoms with Crippen LogP contribution in [0, 0.1) is 0 Å². The number of carbonyl (C=O) groups excluding carboxylic acids is 1. The number of hydrogen-bond donors (Lipinski definition) is 1. The number of ether oxygens (including phenoxy) is 2. The second kappa shape index (κ2) is 10.9. The monoisotopic (exact) mass is 411 g/mol. The van der Waals surface area contributed by atoms with E-state index in [1.165, 1.54) is 5.69 Å². The van der Waals surface area contributed by atoms with Gasteiger partial charge in [-0.25, -0.2) is 0 Å². The van der Waals surface area contributed by atoms with Gasteiger partial charge in [-0.2, -0.15) is 0 Å². The molecular formula is C24H33N3O3. The van der Waals surface area contributed by atoms with Crippen molar-refractivity contribution in [1.82, 2.24) is 5.32 Å². The molecule has 1 N–H and O–H groups in total. The third-order valence-electron chi connectivity index (χ3n) is 5.24. The summed E-state index contributed by atoms with van der Waals surface area (Å²) >= 11 is 0. The van der Waals surface area contributed by atoms with Gasteiger partial charge in [0.05, 0.1) is 24.7 Å². The topological polar surface area (TPSA) is 54.0 Å². The van der Waals surface area contributed by atoms with Gasteiger partial charge >= 0.3 is 0 Å². The molecule has 30 heavy (non-hydrogen) atoms. The minimum absolute atomic E-state index is 0.219. The number of carbonyl (C=O) groups is 1. The Balaban J connectivity index is 1.31. The SMILES string of the molecule is CCOc1ccccc1OCCNCCCCC(=O)c1ccc2c(c1)N(C)CN2C. The molecule has 3 rings (SSSR count). The third kappa shape index (κ3) is 5.66. The molecule has 0 atom stereocenters. The molecule has 0 radical (unpaired) electrons. The minimum Gasteiger partial charge on any atom is -0.490 e. The van der Waals surface area contributed by atoms with Crippen LogP contribution in [0.15, 0.2) is 42.5 Å². The van der Waals surface area contributed by atoms with E-state index in [2.05, 4.69) is 35.3 Å². The molecule has 0 aromatic heterocycles. The van der Waals surface area contributed by atoms with Gasteiger partial charge in [0.15, 0.2) is 17.3 Å². The number of hydrogen-bond acceptors (Lipinski definition) is 6. The molecule has 0 spiro atoms. The molecule has 162 valence electrons. The number of benzene rings is 2. The summed E-state index contributed by atoms with van der Waals surface area (Å²) in [6.45, 7) is 5.67. The van der Waals surface area contributed by atoms with Crippen molar-refractivity contribution in [2.45, 2.75) is 26.2 Å². The first-order valence-corrected chi connectivity index (χ1v) is 10.7. The molecule has 0 fully saturated rings. The lowest BCUT2D eigenvalue weighted by molar-refractivity contribution is 0.0979. The summed E-state index contributed by atoms with van der Waals surface area (Å²) in [6.07, 6.45) is 2.43. The van der Waals surface area contributed by atoms with Gasteiger partial charge in [0, 0.05) is 32.6 Å². The molecule has 0 amide bonds. The molecule has 2 aromatic rings. The zero-order chi connectivity index (χ0) is 21.3. The van der Waals surface area contributed by atoms with E-state index in [-0.39, 0.29) is 5.78 Å². The Labute approximate surface area is 179 Å². The number of nitrogens with zero attached hydrogens (tertiary/aromatic N) is 2. The van der Waals surface area contributed by atoms with E-state index in [0.29, 0.717) is 19.6 Å². The van der Waals surface area contributed by atoms with E-state index in [0.717, 1.165) is 55.3 Å². The summed E-state index contributed by atoms with van der Waals surface area (Å²) in [5.41, 5.74) is 3.13. The lowest BCUT2D eigenvalue weighted by Gasteiger charge is -2.12. The highest BCUT2D eigenvalue weighted by Crippen LogP contribution is 2.34. The van der Waals surface area contributed by atoms with E-state index in [9.17, 15) is 4.79 Å². The van der Waals surface area contributed by atoms with Crippen LogP contribution < -0.4 is 24.6 Å². The van der Waals surface area contributed by atoms with Gasteiger partial charge in [0.25, 0.3) is 0 Å². The smallest absolute Gasteiger partial charge is 0.162 e. The van der Waals surface area contributed by atoms with Gasteiger partial charge < -0.3 is 24.6 Å². The summed E-state index contributed by atoms with van der Waals surface area (Å²) in [5, 5.41) is 3.38. The van der Waals surface area contributed by atoms with E-state index in [1.807, 2.05) is 43.3 Å². The van der Waals surface area contributed by atoms with Gasteiger partial charge in [0.1, 0.15) is 6.61 Å². The van der Waals surface area contributed by atoms with E-state index >= 15 is 0 Å². The van der Waals surface area contributed by atoms with Crippen LogP contribution in [0.25, 0.3) is 0 Å². The zero-order valence-electron chi connectivity index (χ0n) is 18.3. The van der Waals surface area contributed by atoms with Crippen LogP contribution in [0.2, 0.25) is 0 Å². The van der Waals surface area contributed by atoms with Crippen molar-refractivity contribution in [2.24, 2.45) is 0 Å². The zero-order valence-corrected chi connectivity index (χ0v) is 18.3. The standard InChI is InChI=1S/C24H33N3O3/c1-4-29-23-10-5-6-11-24(23)30-16-15-25-14-8-7-9-22(28)19-12-13-20-21(17-19)27(3)18-26(20)2/h5-6,10-13,17,25H,4,7-9,14-16,18H2,1-3H3. The van der Waals surface area contributed by atoms with Gasteiger partial charge in [-0.05, 0) is 56.6 Å². The quantitative estimate of drug-likeness (QED) is 0.422. The van der Waals surface area contributed by atoms with Crippen molar-refractivity contribution in [3.05, 3.63) is 48.0 Å². The first-order chi connectivity index (χ1) is 14.6. The van der Waals surface area contributed by atoms with Gasteiger partial charge in [0.2, 0.25) is 0 Å². The molecule has 0 bridgehead atoms. The average Bonchev–Trinajstić information content (AvgIpc) is 3.04. The van der Waals surface area contributed by atoms with Crippen molar-refractivity contribution in [3.63, 3.8) is 0 Å². The number of anilines is 2. The summed E-state index contributed by atoms with van der Waals surface area (Å²) in [4.78, 5) is 16.9. The third-order valence-corrected chi connectivity index (χ3v) is 5.24. The molecular weight excluding hydrogens is 378 g/mol. The fourth-order valence-electron chi connectivity index (χ4n) is 3.68. The number of ketones is 1. The van der Waals surface area contributed by atoms with Gasteiger partial charge in [-0.1, -0.05) is 12.1 Å². The molecule has 6 nitrogen and oxygen atoms in total. The van der Waals surface area contributed by atoms with Gasteiger partial charge in [-0.3, -0.25) is 4.79 Å². The predicted octanol–water partition coefficient (Wildman–Crippen LogP) is 3.95. The lowest BCUT2D eigenvalue weighted by atomic mass is 10.0. The van der Waals surface area contributed by atoms with Crippen molar-refractivity contribution < 1.29 is 14.3 Å². The van der Waals surface area contributed by atoms with Crippen LogP contribution in [-0.4, -0.2) is 52.9 Å². The Morgan fingerprint density at radius 1 is 0.967 bits per heavy atom. The van der Waals surface area contributed by atoms with E-state index in [1.54, 1.807) is 0 Å². The number of unbranched alkanes of at least 4 members (excludes halogenated alkanes) is 1. The number of fused-ring (bicyclic) bond motifs is 1. The fraction of sp³-hybridized carbons (Fsp3) is 0.458. The number of rotatable bonds is 12. The highest BCUT2D eigenvalue weighted by Gasteiger charge is 2.21. The molecule has 1 heterocycles. The summed E-state index contributed by atoms with van der Waals surface area (Å²) in [6, 6.07) is 13.8. The fourth-order valence-corrected chi connectivity index (χ4v) is 3.68. The molecule has 0 aliphatic carbocycles. The van der Waals surface area contributed by atoms with Gasteiger partial charge in [-0.15, -0.1) is 0 Å². The average molecular weight is 412 g/mol. The molecule has 0 saturated heterocycles. The second-order valence-corrected chi connectivity index (χ2v) is 7.60. The number of para-hydroxylation sites is 2. The van der Waals surface area contributed by atoms with Crippen LogP contribution in [0.1, 0.15) is 36.5 Å². The Morgan fingerprint density at radius 2 is 1.70 bits per heavy atom. The Morgan fingerprint density at radius 3 is 2.47 bits per heavy atom. The Kier molecular flexibility index (Phi) is 7.97. The second-order valence-electron chi connectivity index (χ2n) is 7.60. The molecule has 0 unspecified atom stereocenters. The van der Waals surface area contributed by atoms with Crippen LogP contribution >= 0.6 is 0 Å². The number of nitrogens with one attached hydrogen (secondary N) is 1.